The van der Waals surface area contributed by atoms with Gasteiger partial charge < -0.3 is 35.1 Å². The highest BCUT2D eigenvalue weighted by Gasteiger charge is 2.46. The van der Waals surface area contributed by atoms with E-state index in [-0.39, 0.29) is 59.8 Å². The van der Waals surface area contributed by atoms with Crippen LogP contribution in [0.2, 0.25) is 0 Å². The second-order valence-corrected chi connectivity index (χ2v) is 21.8. The zero-order valence-corrected chi connectivity index (χ0v) is 45.5. The normalized spacial score (nSPS) is 18.5. The van der Waals surface area contributed by atoms with E-state index in [1.54, 1.807) is 44.7 Å². The number of hydrogen-bond acceptors (Lipinski definition) is 21. The number of nitrogens with two attached hydrogens (primary N) is 1. The Balaban J connectivity index is 0.000000148. The van der Waals surface area contributed by atoms with Gasteiger partial charge in [-0.1, -0.05) is 13.8 Å². The van der Waals surface area contributed by atoms with Gasteiger partial charge in [-0.05, 0) is 50.4 Å². The van der Waals surface area contributed by atoms with Crippen LogP contribution in [0, 0.1) is 23.7 Å². The Kier molecular flexibility index (Phi) is 14.8. The van der Waals surface area contributed by atoms with Crippen LogP contribution in [0.4, 0.5) is 23.3 Å². The molecular weight excluding hydrogens is 1060 g/mol. The maximum atomic E-state index is 13.2. The van der Waals surface area contributed by atoms with Gasteiger partial charge in [-0.3, -0.25) is 42.2 Å². The van der Waals surface area contributed by atoms with E-state index in [1.165, 1.54) is 82.9 Å². The third kappa shape index (κ3) is 10.7. The summed E-state index contributed by atoms with van der Waals surface area (Å²) in [5, 5.41) is 16.9. The number of aromatic nitrogens is 14. The number of ketones is 2. The third-order valence-electron chi connectivity index (χ3n) is 14.7. The predicted octanol–water partition coefficient (Wildman–Crippen LogP) is 2.60. The molecule has 12 rings (SSSR count). The Morgan fingerprint density at radius 2 is 1.09 bits per heavy atom. The number of carbonyl (C=O) groups is 4. The van der Waals surface area contributed by atoms with Crippen molar-refractivity contribution in [1.29, 1.82) is 0 Å². The summed E-state index contributed by atoms with van der Waals surface area (Å²) in [4.78, 5) is 138. The quantitative estimate of drug-likeness (QED) is 0.133. The highest BCUT2D eigenvalue weighted by Crippen LogP contribution is 2.46. The molecule has 10 heterocycles. The van der Waals surface area contributed by atoms with Crippen molar-refractivity contribution in [2.45, 2.75) is 78.6 Å². The number of carbonyl (C=O) groups excluding carboxylic acids is 3. The fourth-order valence-electron chi connectivity index (χ4n) is 9.71. The molecule has 0 bridgehead atoms. The number of fused-ring (bicyclic) bond motifs is 4. The van der Waals surface area contributed by atoms with E-state index in [1.807, 2.05) is 11.6 Å². The van der Waals surface area contributed by atoms with Crippen molar-refractivity contribution >= 4 is 91.7 Å². The molecule has 2 saturated heterocycles. The first kappa shape index (κ1) is 53.8. The standard InChI is InChI=1S/C25H27N9O4S.C13H16N4O5.C12H13N5S/c1-4-16(35)10-33-24(37)20-21(31(3)25(33)38)28-12-34(20)13(2)22(36)29-18-11-39-23(30-18)17-6-27-19(7-26-17)32-8-14-5-15(14)9-32;1-4-8(18)5-16-11(19)9-10(15(3)13(16)22)14-6-17(9)7(2)12(20)21;13-10-6-18-12(16-10)9-2-15-11(3-14-9)17-4-7-1-8(7)5-17/h6-7,11-15H,4-5,8-10H2,1-3H3,(H,29,36);6-7H,4-5H2,1-3H3,(H,20,21);2-3,6-8H,1,4-5,13H2/t13-,14?,15?;7-;/m00./s1. The van der Waals surface area contributed by atoms with Crippen molar-refractivity contribution < 1.29 is 24.3 Å². The van der Waals surface area contributed by atoms with Gasteiger partial charge in [-0.2, -0.15) is 0 Å². The molecule has 79 heavy (non-hydrogen) atoms. The van der Waals surface area contributed by atoms with Gasteiger partial charge in [0.1, 0.15) is 56.8 Å². The number of nitrogens with zero attached hydrogens (tertiary/aromatic N) is 16. The zero-order valence-electron chi connectivity index (χ0n) is 43.9. The number of carboxylic acid groups (broad SMARTS) is 1. The van der Waals surface area contributed by atoms with Crippen LogP contribution in [0.5, 0.6) is 0 Å². The summed E-state index contributed by atoms with van der Waals surface area (Å²) in [6, 6.07) is -1.88. The molecule has 8 aromatic rings. The minimum absolute atomic E-state index is 0.0131. The van der Waals surface area contributed by atoms with Crippen molar-refractivity contribution in [1.82, 2.24) is 67.3 Å². The molecule has 2 saturated carbocycles. The molecule has 29 heteroatoms. The summed E-state index contributed by atoms with van der Waals surface area (Å²) < 4.78 is 6.60. The van der Waals surface area contributed by atoms with Crippen LogP contribution in [0.1, 0.15) is 65.5 Å². The number of nitrogen functional groups attached to an aromatic ring is 1. The number of carboxylic acids is 1. The monoisotopic (exact) mass is 1120 g/mol. The van der Waals surface area contributed by atoms with Crippen LogP contribution >= 0.6 is 22.7 Å². The van der Waals surface area contributed by atoms with Gasteiger partial charge in [0, 0.05) is 63.9 Å². The molecule has 0 radical (unpaired) electrons. The van der Waals surface area contributed by atoms with E-state index in [0.717, 1.165) is 85.9 Å². The van der Waals surface area contributed by atoms with Gasteiger partial charge in [0.2, 0.25) is 5.91 Å². The molecular formula is C50H56N18O9S2. The fourth-order valence-corrected chi connectivity index (χ4v) is 11.1. The molecule has 4 aliphatic rings. The maximum Gasteiger partial charge on any atom is 0.332 e. The fraction of sp³-hybridized carbons (Fsp3) is 0.440. The van der Waals surface area contributed by atoms with Crippen molar-refractivity contribution in [2.75, 3.05) is 47.0 Å². The van der Waals surface area contributed by atoms with E-state index in [9.17, 15) is 38.4 Å². The summed E-state index contributed by atoms with van der Waals surface area (Å²) in [6.45, 7) is 9.99. The SMILES string of the molecule is CCC(=O)Cn1c(=O)c2c(ncn2[C@@H](C)C(=O)Nc2csc(-c3cnc(N4CC5CC5C4)cn3)n2)n(C)c1=O.CCC(=O)Cn1c(=O)c2c(ncn2[C@@H](C)C(=O)O)n(C)c1=O.Nc1csc(-c2cnc(N3CC4CC4C3)cn2)n1. The molecule has 412 valence electrons. The number of thiazole rings is 2. The largest absolute Gasteiger partial charge is 0.480 e. The number of hydrogen-bond donors (Lipinski definition) is 3. The Labute approximate surface area is 456 Å². The molecule has 1 amide bonds. The summed E-state index contributed by atoms with van der Waals surface area (Å²) in [5.74, 6) is 4.08. The van der Waals surface area contributed by atoms with Crippen molar-refractivity contribution in [2.24, 2.45) is 37.8 Å². The zero-order chi connectivity index (χ0) is 56.1. The smallest absolute Gasteiger partial charge is 0.332 e. The Bertz CT molecular complexity index is 3910. The number of rotatable bonds is 15. The highest BCUT2D eigenvalue weighted by molar-refractivity contribution is 7.13. The Morgan fingerprint density at radius 3 is 1.49 bits per heavy atom. The number of nitrogens with one attached hydrogen (secondary N) is 1. The van der Waals surface area contributed by atoms with E-state index >= 15 is 0 Å². The highest BCUT2D eigenvalue weighted by atomic mass is 32.1. The first-order valence-electron chi connectivity index (χ1n) is 25.5. The molecule has 4 unspecified atom stereocenters. The lowest BCUT2D eigenvalue weighted by Gasteiger charge is -2.18. The number of piperidine rings is 2. The Hall–Kier alpha value is -8.60. The molecule has 0 aromatic carbocycles. The number of aryl methyl sites for hydroxylation is 2. The maximum absolute atomic E-state index is 13.2. The second-order valence-electron chi connectivity index (χ2n) is 20.0. The van der Waals surface area contributed by atoms with Crippen LogP contribution in [0.3, 0.4) is 0 Å². The minimum Gasteiger partial charge on any atom is -0.480 e. The summed E-state index contributed by atoms with van der Waals surface area (Å²) in [5.41, 5.74) is 4.60. The molecule has 2 aliphatic heterocycles. The van der Waals surface area contributed by atoms with Gasteiger partial charge in [0.05, 0.1) is 50.5 Å². The Morgan fingerprint density at radius 1 is 0.646 bits per heavy atom. The van der Waals surface area contributed by atoms with Gasteiger partial charge >= 0.3 is 17.3 Å². The number of anilines is 4. The molecule has 4 N–H and O–H groups in total. The van der Waals surface area contributed by atoms with E-state index in [4.69, 9.17) is 10.8 Å². The average Bonchev–Trinajstić information content (AvgIpc) is 4.01. The van der Waals surface area contributed by atoms with E-state index in [2.05, 4.69) is 55.0 Å². The van der Waals surface area contributed by atoms with Gasteiger partial charge in [-0.25, -0.2) is 54.3 Å². The number of imidazole rings is 2. The molecule has 27 nitrogen and oxygen atoms in total. The summed E-state index contributed by atoms with van der Waals surface area (Å²) in [7, 11) is 2.89. The van der Waals surface area contributed by atoms with Gasteiger partial charge in [0.15, 0.2) is 33.9 Å². The molecule has 4 fully saturated rings. The van der Waals surface area contributed by atoms with Crippen molar-refractivity contribution in [3.63, 3.8) is 0 Å². The second kappa shape index (κ2) is 21.7. The van der Waals surface area contributed by atoms with Crippen LogP contribution in [-0.2, 0) is 46.4 Å². The molecule has 8 aromatic heterocycles. The predicted molar refractivity (Wildman–Crippen MR) is 293 cm³/mol. The summed E-state index contributed by atoms with van der Waals surface area (Å²) in [6.07, 6.45) is 12.8. The minimum atomic E-state index is -1.14. The number of Topliss-reactive ketones (excluding diaryl/α,β-unsaturated/α-hetero) is 2. The third-order valence-corrected chi connectivity index (χ3v) is 16.5. The van der Waals surface area contributed by atoms with Crippen LogP contribution in [0.25, 0.3) is 43.7 Å². The lowest BCUT2D eigenvalue weighted by molar-refractivity contribution is -0.140. The summed E-state index contributed by atoms with van der Waals surface area (Å²) >= 11 is 2.83. The first-order chi connectivity index (χ1) is 37.8. The molecule has 6 atom stereocenters. The van der Waals surface area contributed by atoms with E-state index in [0.29, 0.717) is 22.3 Å². The van der Waals surface area contributed by atoms with Gasteiger partial charge in [-0.15, -0.1) is 22.7 Å². The van der Waals surface area contributed by atoms with Crippen molar-refractivity contribution in [3.8, 4) is 21.4 Å². The number of aliphatic carboxylic acids is 1. The molecule has 2 aliphatic carbocycles. The molecule has 0 spiro atoms. The van der Waals surface area contributed by atoms with Crippen LogP contribution in [-0.4, -0.2) is 122 Å². The number of amides is 1. The van der Waals surface area contributed by atoms with E-state index < -0.39 is 46.5 Å². The first-order valence-corrected chi connectivity index (χ1v) is 27.3. The van der Waals surface area contributed by atoms with Gasteiger partial charge in [0.25, 0.3) is 11.1 Å². The topological polar surface area (TPSA) is 334 Å². The van der Waals surface area contributed by atoms with Crippen molar-refractivity contribution in [3.05, 3.63) is 89.9 Å². The lowest BCUT2D eigenvalue weighted by Crippen LogP contribution is -2.41. The lowest BCUT2D eigenvalue weighted by atomic mass is 10.3. The van der Waals surface area contributed by atoms with Crippen LogP contribution < -0.4 is 43.3 Å². The van der Waals surface area contributed by atoms with Crippen LogP contribution in [0.15, 0.2) is 67.4 Å². The average molecular weight is 1120 g/mol.